The maximum Gasteiger partial charge on any atom is 0.240 e. The molecule has 0 radical (unpaired) electrons. The predicted molar refractivity (Wildman–Crippen MR) is 147 cm³/mol. The number of nitrogens with one attached hydrogen (secondary N) is 2. The summed E-state index contributed by atoms with van der Waals surface area (Å²) < 4.78 is 42.3. The molecule has 2 aromatic carbocycles. The Kier molecular flexibility index (Phi) is 7.14. The van der Waals surface area contributed by atoms with E-state index in [0.717, 1.165) is 69.3 Å². The number of halogens is 2. The van der Waals surface area contributed by atoms with Crippen LogP contribution in [0.3, 0.4) is 0 Å². The maximum absolute atomic E-state index is 13.1. The van der Waals surface area contributed by atoms with E-state index >= 15 is 0 Å². The minimum Gasteiger partial charge on any atom is -0.366 e. The zero-order valence-corrected chi connectivity index (χ0v) is 21.7. The van der Waals surface area contributed by atoms with E-state index in [9.17, 15) is 12.8 Å². The van der Waals surface area contributed by atoms with Crippen molar-refractivity contribution in [3.05, 3.63) is 101 Å². The molecule has 11 heteroatoms. The number of aromatic nitrogens is 3. The minimum atomic E-state index is -3.73. The quantitative estimate of drug-likeness (QED) is 0.337. The Morgan fingerprint density at radius 3 is 2.46 bits per heavy atom. The van der Waals surface area contributed by atoms with Crippen LogP contribution in [0.15, 0.2) is 82.9 Å². The first-order chi connectivity index (χ1) is 17.8. The molecule has 0 saturated carbocycles. The van der Waals surface area contributed by atoms with Crippen LogP contribution in [0.4, 0.5) is 10.2 Å². The Hall–Kier alpha value is -3.47. The molecule has 7 nitrogen and oxygen atoms in total. The summed E-state index contributed by atoms with van der Waals surface area (Å²) in [5.41, 5.74) is 5.26. The van der Waals surface area contributed by atoms with Crippen molar-refractivity contribution in [1.29, 1.82) is 0 Å². The number of rotatable bonds is 8. The van der Waals surface area contributed by atoms with E-state index in [0.29, 0.717) is 6.54 Å². The van der Waals surface area contributed by atoms with Gasteiger partial charge in [-0.1, -0.05) is 48.0 Å². The molecule has 1 aliphatic rings. The Labute approximate surface area is 220 Å². The second-order valence-electron chi connectivity index (χ2n) is 8.80. The van der Waals surface area contributed by atoms with Crippen molar-refractivity contribution in [2.24, 2.45) is 0 Å². The second kappa shape index (κ2) is 10.5. The molecule has 0 spiro atoms. The lowest BCUT2D eigenvalue weighted by Crippen LogP contribution is -2.23. The lowest BCUT2D eigenvalue weighted by Gasteiger charge is -2.14. The highest BCUT2D eigenvalue weighted by atomic mass is 35.5. The average Bonchev–Trinajstić information content (AvgIpc) is 3.28. The summed E-state index contributed by atoms with van der Waals surface area (Å²) in [5, 5.41) is 8.71. The largest absolute Gasteiger partial charge is 0.366 e. The van der Waals surface area contributed by atoms with Gasteiger partial charge in [0.25, 0.3) is 0 Å². The fourth-order valence-electron chi connectivity index (χ4n) is 4.04. The molecule has 1 aliphatic carbocycles. The molecule has 5 rings (SSSR count). The fourth-order valence-corrected chi connectivity index (χ4v) is 5.33. The van der Waals surface area contributed by atoms with E-state index in [1.54, 1.807) is 10.7 Å². The monoisotopic (exact) mass is 535 g/mol. The normalized spacial score (nSPS) is 13.9. The summed E-state index contributed by atoms with van der Waals surface area (Å²) in [6.07, 6.45) is 7.62. The highest BCUT2D eigenvalue weighted by Gasteiger charge is 2.16. The zero-order chi connectivity index (χ0) is 26.0. The van der Waals surface area contributed by atoms with Gasteiger partial charge in [0.2, 0.25) is 10.0 Å². The fraction of sp³-hybridized carbons (Fsp3) is 0.154. The zero-order valence-electron chi connectivity index (χ0n) is 20.1. The molecule has 2 aromatic heterocycles. The van der Waals surface area contributed by atoms with Crippen molar-refractivity contribution < 1.29 is 12.8 Å². The molecule has 0 atom stereocenters. The van der Waals surface area contributed by atoms with Crippen molar-refractivity contribution >= 4 is 52.0 Å². The molecule has 0 saturated heterocycles. The number of hydrogen-bond donors (Lipinski definition) is 2. The highest BCUT2D eigenvalue weighted by Crippen LogP contribution is 2.30. The molecule has 4 aromatic rings. The van der Waals surface area contributed by atoms with Gasteiger partial charge in [0.15, 0.2) is 5.65 Å². The van der Waals surface area contributed by atoms with Gasteiger partial charge in [-0.2, -0.15) is 9.61 Å². The number of fused-ring (bicyclic) bond motifs is 1. The van der Waals surface area contributed by atoms with Crippen LogP contribution >= 0.6 is 11.6 Å². The second-order valence-corrected chi connectivity index (χ2v) is 11.0. The number of sulfonamides is 1. The van der Waals surface area contributed by atoms with E-state index in [-0.39, 0.29) is 11.4 Å². The predicted octanol–water partition coefficient (Wildman–Crippen LogP) is 3.52. The number of allylic oxidation sites excluding steroid dienone is 4. The molecule has 188 valence electrons. The molecule has 0 fully saturated rings. The summed E-state index contributed by atoms with van der Waals surface area (Å²) >= 11 is 6.50. The number of benzene rings is 2. The van der Waals surface area contributed by atoms with Crippen LogP contribution in [0, 0.1) is 5.82 Å². The van der Waals surface area contributed by atoms with Gasteiger partial charge in [-0.3, -0.25) is 0 Å². The van der Waals surface area contributed by atoms with Gasteiger partial charge in [0, 0.05) is 36.0 Å². The van der Waals surface area contributed by atoms with Crippen LogP contribution < -0.4 is 15.5 Å². The number of nitrogens with zero attached hydrogens (tertiary/aromatic N) is 3. The Balaban J connectivity index is 1.29. The number of anilines is 1. The van der Waals surface area contributed by atoms with Crippen LogP contribution in [0.25, 0.3) is 11.2 Å². The molecule has 37 heavy (non-hydrogen) atoms. The third-order valence-electron chi connectivity index (χ3n) is 6.12. The lowest BCUT2D eigenvalue weighted by molar-refractivity contribution is 0.580. The molecule has 0 unspecified atom stereocenters. The van der Waals surface area contributed by atoms with Crippen molar-refractivity contribution in [2.45, 2.75) is 30.8 Å². The van der Waals surface area contributed by atoms with Crippen LogP contribution in [-0.2, 0) is 23.1 Å². The topological polar surface area (TPSA) is 88.4 Å². The standard InChI is InChI=1S/C26H24BClFN5O2S/c27-22-16-31-34-25(13-24(33-26(22)34)21-3-1-2-4-23(21)28)30-14-17-5-7-18(8-6-17)15-32-37(35,36)20-11-9-19(29)10-12-20/h1,3,5-13,16,30,32H,2,4,14-15,27H2. The molecular formula is C26H24BClFN5O2S. The summed E-state index contributed by atoms with van der Waals surface area (Å²) in [6, 6.07) is 14.3. The smallest absolute Gasteiger partial charge is 0.240 e. The molecule has 0 aliphatic heterocycles. The van der Waals surface area contributed by atoms with Gasteiger partial charge in [-0.15, -0.1) is 0 Å². The van der Waals surface area contributed by atoms with Gasteiger partial charge >= 0.3 is 0 Å². The van der Waals surface area contributed by atoms with E-state index in [2.05, 4.69) is 21.2 Å². The van der Waals surface area contributed by atoms with Gasteiger partial charge < -0.3 is 5.32 Å². The first-order valence-electron chi connectivity index (χ1n) is 11.8. The van der Waals surface area contributed by atoms with Crippen LogP contribution in [0.1, 0.15) is 29.7 Å². The van der Waals surface area contributed by atoms with Crippen LogP contribution in [0.5, 0.6) is 0 Å². The SMILES string of the molecule is Bc1cnn2c(NCc3ccc(CNS(=O)(=O)c4ccc(F)cc4)cc3)cc(C3=C(Cl)CCC=C3)nc12. The summed E-state index contributed by atoms with van der Waals surface area (Å²) in [4.78, 5) is 4.82. The van der Waals surface area contributed by atoms with Crippen molar-refractivity contribution in [3.8, 4) is 0 Å². The van der Waals surface area contributed by atoms with Crippen LogP contribution in [-0.4, -0.2) is 30.9 Å². The summed E-state index contributed by atoms with van der Waals surface area (Å²) in [6.45, 7) is 0.652. The third kappa shape index (κ3) is 5.61. The minimum absolute atomic E-state index is 0.0207. The molecule has 0 bridgehead atoms. The summed E-state index contributed by atoms with van der Waals surface area (Å²) in [5.74, 6) is 0.307. The first-order valence-corrected chi connectivity index (χ1v) is 13.6. The van der Waals surface area contributed by atoms with Crippen molar-refractivity contribution in [1.82, 2.24) is 19.3 Å². The van der Waals surface area contributed by atoms with Crippen LogP contribution in [0.2, 0.25) is 0 Å². The van der Waals surface area contributed by atoms with E-state index in [1.165, 1.54) is 12.1 Å². The molecule has 2 N–H and O–H groups in total. The summed E-state index contributed by atoms with van der Waals surface area (Å²) in [7, 11) is -1.76. The van der Waals surface area contributed by atoms with E-state index in [4.69, 9.17) is 16.6 Å². The lowest BCUT2D eigenvalue weighted by atomic mass is 10.00. The number of hydrogen-bond acceptors (Lipinski definition) is 5. The van der Waals surface area contributed by atoms with E-state index < -0.39 is 15.8 Å². The van der Waals surface area contributed by atoms with Gasteiger partial charge in [0.1, 0.15) is 19.5 Å². The Bertz CT molecular complexity index is 1620. The first kappa shape index (κ1) is 25.2. The Morgan fingerprint density at radius 1 is 1.05 bits per heavy atom. The Morgan fingerprint density at radius 2 is 1.76 bits per heavy atom. The third-order valence-corrected chi connectivity index (χ3v) is 7.93. The van der Waals surface area contributed by atoms with Gasteiger partial charge in [-0.25, -0.2) is 22.5 Å². The molecule has 0 amide bonds. The van der Waals surface area contributed by atoms with E-state index in [1.807, 2.05) is 44.3 Å². The highest BCUT2D eigenvalue weighted by molar-refractivity contribution is 7.89. The molecule has 2 heterocycles. The maximum atomic E-state index is 13.1. The van der Waals surface area contributed by atoms with Crippen molar-refractivity contribution in [2.75, 3.05) is 5.32 Å². The van der Waals surface area contributed by atoms with Gasteiger partial charge in [-0.05, 0) is 53.7 Å². The van der Waals surface area contributed by atoms with Crippen molar-refractivity contribution in [3.63, 3.8) is 0 Å². The average molecular weight is 536 g/mol. The van der Waals surface area contributed by atoms with Gasteiger partial charge in [0.05, 0.1) is 10.6 Å². The molecular weight excluding hydrogens is 512 g/mol.